The SMILES string of the molecule is CC.Oc1ccc(P)cc1CCCC(O)CNCC(O)C1CCc2cc(F)ccc2O1. The zero-order valence-electron chi connectivity index (χ0n) is 18.4. The summed E-state index contributed by atoms with van der Waals surface area (Å²) in [5, 5.41) is 34.5. The van der Waals surface area contributed by atoms with Gasteiger partial charge < -0.3 is 25.4 Å². The Bertz CT molecular complexity index is 820. The molecular weight excluding hydrogens is 416 g/mol. The van der Waals surface area contributed by atoms with E-state index in [0.717, 1.165) is 22.9 Å². The minimum atomic E-state index is -0.706. The first-order chi connectivity index (χ1) is 14.9. The zero-order chi connectivity index (χ0) is 22.8. The molecule has 172 valence electrons. The number of halogens is 1. The summed E-state index contributed by atoms with van der Waals surface area (Å²) in [5.74, 6) is 0.627. The van der Waals surface area contributed by atoms with Gasteiger partial charge in [-0.2, -0.15) is 0 Å². The Balaban J connectivity index is 0.00000166. The second kappa shape index (κ2) is 13.0. The highest BCUT2D eigenvalue weighted by Crippen LogP contribution is 2.29. The average molecular weight is 452 g/mol. The number of aliphatic hydroxyl groups excluding tert-OH is 2. The van der Waals surface area contributed by atoms with Crippen LogP contribution in [0, 0.1) is 5.82 Å². The van der Waals surface area contributed by atoms with Crippen molar-refractivity contribution in [3.8, 4) is 11.5 Å². The van der Waals surface area contributed by atoms with Crippen LogP contribution in [-0.4, -0.2) is 46.7 Å². The predicted octanol–water partition coefficient (Wildman–Crippen LogP) is 3.09. The summed E-state index contributed by atoms with van der Waals surface area (Å²) < 4.78 is 19.1. The third-order valence-corrected chi connectivity index (χ3v) is 5.61. The molecule has 1 aliphatic rings. The van der Waals surface area contributed by atoms with Gasteiger partial charge in [0.1, 0.15) is 29.5 Å². The number of ether oxygens (including phenoxy) is 1. The van der Waals surface area contributed by atoms with Crippen LogP contribution in [0.25, 0.3) is 0 Å². The smallest absolute Gasteiger partial charge is 0.126 e. The van der Waals surface area contributed by atoms with Gasteiger partial charge in [0.25, 0.3) is 0 Å². The second-order valence-corrected chi connectivity index (χ2v) is 8.27. The Labute approximate surface area is 186 Å². The van der Waals surface area contributed by atoms with Gasteiger partial charge in [0.05, 0.1) is 6.10 Å². The highest BCUT2D eigenvalue weighted by Gasteiger charge is 2.26. The van der Waals surface area contributed by atoms with Crippen molar-refractivity contribution in [2.75, 3.05) is 13.1 Å². The number of benzene rings is 2. The molecule has 4 unspecified atom stereocenters. The maximum Gasteiger partial charge on any atom is 0.126 e. The van der Waals surface area contributed by atoms with E-state index in [2.05, 4.69) is 14.6 Å². The first kappa shape index (κ1) is 25.5. The van der Waals surface area contributed by atoms with Crippen molar-refractivity contribution in [2.24, 2.45) is 0 Å². The van der Waals surface area contributed by atoms with Gasteiger partial charge in [0, 0.05) is 13.1 Å². The minimum Gasteiger partial charge on any atom is -0.508 e. The largest absolute Gasteiger partial charge is 0.508 e. The van der Waals surface area contributed by atoms with Crippen molar-refractivity contribution in [3.05, 3.63) is 53.3 Å². The summed E-state index contributed by atoms with van der Waals surface area (Å²) in [5.41, 5.74) is 1.71. The van der Waals surface area contributed by atoms with Crippen molar-refractivity contribution in [1.29, 1.82) is 0 Å². The quantitative estimate of drug-likeness (QED) is 0.441. The fourth-order valence-electron chi connectivity index (χ4n) is 3.61. The average Bonchev–Trinajstić information content (AvgIpc) is 2.77. The summed E-state index contributed by atoms with van der Waals surface area (Å²) in [7, 11) is 2.61. The highest BCUT2D eigenvalue weighted by molar-refractivity contribution is 7.27. The van der Waals surface area contributed by atoms with E-state index in [9.17, 15) is 19.7 Å². The third kappa shape index (κ3) is 8.04. The molecule has 0 spiro atoms. The second-order valence-electron chi connectivity index (χ2n) is 7.61. The van der Waals surface area contributed by atoms with Crippen molar-refractivity contribution >= 4 is 14.5 Å². The normalized spacial score (nSPS) is 17.0. The molecule has 3 rings (SSSR count). The molecule has 7 heteroatoms. The molecule has 0 bridgehead atoms. The summed E-state index contributed by atoms with van der Waals surface area (Å²) in [4.78, 5) is 0. The molecule has 0 aliphatic carbocycles. The van der Waals surface area contributed by atoms with E-state index in [1.165, 1.54) is 12.1 Å². The van der Waals surface area contributed by atoms with Gasteiger partial charge >= 0.3 is 0 Å². The van der Waals surface area contributed by atoms with Crippen LogP contribution >= 0.6 is 9.24 Å². The van der Waals surface area contributed by atoms with Crippen LogP contribution in [0.2, 0.25) is 0 Å². The molecule has 2 aromatic rings. The van der Waals surface area contributed by atoms with E-state index >= 15 is 0 Å². The van der Waals surface area contributed by atoms with Crippen LogP contribution < -0.4 is 15.4 Å². The minimum absolute atomic E-state index is 0.279. The maximum absolute atomic E-state index is 13.3. The lowest BCUT2D eigenvalue weighted by Crippen LogP contribution is -2.43. The molecule has 4 atom stereocenters. The fraction of sp³-hybridized carbons (Fsp3) is 0.500. The topological polar surface area (TPSA) is 82.0 Å². The van der Waals surface area contributed by atoms with Crippen LogP contribution in [0.1, 0.15) is 44.2 Å². The van der Waals surface area contributed by atoms with E-state index in [1.807, 2.05) is 26.0 Å². The lowest BCUT2D eigenvalue weighted by atomic mass is 9.99. The first-order valence-corrected chi connectivity index (χ1v) is 11.6. The first-order valence-electron chi connectivity index (χ1n) is 11.0. The molecular formula is C24H35FNO4P. The number of hydrogen-bond donors (Lipinski definition) is 4. The summed E-state index contributed by atoms with van der Waals surface area (Å²) in [6, 6.07) is 9.88. The monoisotopic (exact) mass is 451 g/mol. The van der Waals surface area contributed by atoms with Gasteiger partial charge in [-0.3, -0.25) is 0 Å². The Morgan fingerprint density at radius 3 is 2.71 bits per heavy atom. The van der Waals surface area contributed by atoms with E-state index < -0.39 is 12.2 Å². The highest BCUT2D eigenvalue weighted by atomic mass is 31.0. The number of aromatic hydroxyl groups is 1. The number of aryl methyl sites for hydroxylation is 2. The lowest BCUT2D eigenvalue weighted by molar-refractivity contribution is 0.0224. The van der Waals surface area contributed by atoms with Gasteiger partial charge in [-0.15, -0.1) is 9.24 Å². The number of phenolic OH excluding ortho intramolecular Hbond substituents is 1. The Morgan fingerprint density at radius 2 is 1.94 bits per heavy atom. The molecule has 1 aliphatic heterocycles. The Morgan fingerprint density at radius 1 is 1.16 bits per heavy atom. The zero-order valence-corrected chi connectivity index (χ0v) is 19.5. The molecule has 4 N–H and O–H groups in total. The number of nitrogens with one attached hydrogen (secondary N) is 1. The van der Waals surface area contributed by atoms with Crippen LogP contribution in [0.4, 0.5) is 4.39 Å². The number of aliphatic hydroxyl groups is 2. The summed E-state index contributed by atoms with van der Waals surface area (Å²) in [6.07, 6.45) is 1.77. The lowest BCUT2D eigenvalue weighted by Gasteiger charge is -2.30. The maximum atomic E-state index is 13.3. The fourth-order valence-corrected chi connectivity index (χ4v) is 3.91. The van der Waals surface area contributed by atoms with Gasteiger partial charge in [-0.25, -0.2) is 4.39 Å². The summed E-state index contributed by atoms with van der Waals surface area (Å²) >= 11 is 0. The van der Waals surface area contributed by atoms with E-state index in [1.54, 1.807) is 12.1 Å². The van der Waals surface area contributed by atoms with Crippen LogP contribution in [0.3, 0.4) is 0 Å². The molecule has 2 aromatic carbocycles. The van der Waals surface area contributed by atoms with Gasteiger partial charge in [-0.1, -0.05) is 19.9 Å². The molecule has 0 amide bonds. The molecule has 1 heterocycles. The molecule has 5 nitrogen and oxygen atoms in total. The van der Waals surface area contributed by atoms with Crippen molar-refractivity contribution < 1.29 is 24.4 Å². The summed E-state index contributed by atoms with van der Waals surface area (Å²) in [6.45, 7) is 4.69. The molecule has 0 aromatic heterocycles. The number of phenols is 1. The number of fused-ring (bicyclic) bond motifs is 1. The van der Waals surface area contributed by atoms with Gasteiger partial charge in [0.2, 0.25) is 0 Å². The van der Waals surface area contributed by atoms with E-state index in [4.69, 9.17) is 4.74 Å². The van der Waals surface area contributed by atoms with Crippen LogP contribution in [0.5, 0.6) is 11.5 Å². The predicted molar refractivity (Wildman–Crippen MR) is 126 cm³/mol. The van der Waals surface area contributed by atoms with Gasteiger partial charge in [0.15, 0.2) is 0 Å². The standard InChI is InChI=1S/C22H29FNO4P.C2H6/c23-16-5-9-21-15(10-16)4-8-22(28-21)20(27)13-24-12-17(25)3-1-2-14-11-18(29)6-7-19(14)26;1-2/h5-7,9-11,17,20,22,24-27H,1-4,8,12-13,29H2;1-2H3. The molecule has 31 heavy (non-hydrogen) atoms. The van der Waals surface area contributed by atoms with Crippen molar-refractivity contribution in [3.63, 3.8) is 0 Å². The Hall–Kier alpha value is -1.72. The van der Waals surface area contributed by atoms with Crippen LogP contribution in [-0.2, 0) is 12.8 Å². The van der Waals surface area contributed by atoms with Crippen molar-refractivity contribution in [1.82, 2.24) is 5.32 Å². The van der Waals surface area contributed by atoms with Crippen LogP contribution in [0.15, 0.2) is 36.4 Å². The van der Waals surface area contributed by atoms with Crippen molar-refractivity contribution in [2.45, 2.75) is 64.3 Å². The van der Waals surface area contributed by atoms with E-state index in [0.29, 0.717) is 44.5 Å². The number of rotatable bonds is 9. The molecule has 0 fully saturated rings. The number of hydrogen-bond acceptors (Lipinski definition) is 5. The van der Waals surface area contributed by atoms with E-state index in [-0.39, 0.29) is 17.7 Å². The molecule has 0 saturated heterocycles. The van der Waals surface area contributed by atoms with Gasteiger partial charge in [-0.05, 0) is 78.9 Å². The molecule has 0 saturated carbocycles. The third-order valence-electron chi connectivity index (χ3n) is 5.25. The molecule has 0 radical (unpaired) electrons. The Kier molecular flexibility index (Phi) is 10.7.